The minimum absolute atomic E-state index is 0.0254. The number of para-hydroxylation sites is 1. The molecule has 0 saturated carbocycles. The van der Waals surface area contributed by atoms with E-state index in [1.807, 2.05) is 0 Å². The fraction of sp³-hybridized carbons (Fsp3) is 0.435. The van der Waals surface area contributed by atoms with E-state index >= 15 is 24.0 Å². The number of carbonyl (C=O) groups excluding carboxylic acids is 12. The number of benzene rings is 4. The fourth-order valence-electron chi connectivity index (χ4n) is 11.6. The Morgan fingerprint density at radius 1 is 0.620 bits per heavy atom. The number of aromatic nitrogens is 1. The third-order valence-corrected chi connectivity index (χ3v) is 18.7. The molecule has 0 bridgehead atoms. The summed E-state index contributed by atoms with van der Waals surface area (Å²) in [6.45, 7) is 8.37. The second-order valence-corrected chi connectivity index (χ2v) is 26.5. The number of aromatic amines is 1. The van der Waals surface area contributed by atoms with Gasteiger partial charge in [0.2, 0.25) is 41.4 Å². The van der Waals surface area contributed by atoms with Crippen molar-refractivity contribution < 1.29 is 67.4 Å². The molecule has 2 aliphatic heterocycles. The van der Waals surface area contributed by atoms with E-state index in [2.05, 4.69) is 58.2 Å². The molecular formula is C69H85Cl3N14O14. The predicted octanol–water partition coefficient (Wildman–Crippen LogP) is 2.83. The van der Waals surface area contributed by atoms with E-state index in [4.69, 9.17) is 40.5 Å². The third kappa shape index (κ3) is 20.5. The number of halogens is 3. The molecule has 0 spiro atoms. The summed E-state index contributed by atoms with van der Waals surface area (Å²) in [5, 5.41) is 36.7. The third-order valence-electron chi connectivity index (χ3n) is 18.0. The monoisotopic (exact) mass is 1440 g/mol. The summed E-state index contributed by atoms with van der Waals surface area (Å²) >= 11 is 19.2. The molecule has 0 aliphatic carbocycles. The maximum Gasteiger partial charge on any atom is 0.326 e. The van der Waals surface area contributed by atoms with Gasteiger partial charge in [0.1, 0.15) is 48.3 Å². The molecule has 31 heteroatoms. The predicted molar refractivity (Wildman–Crippen MR) is 371 cm³/mol. The molecule has 2 aliphatic rings. The van der Waals surface area contributed by atoms with E-state index < -0.39 is 168 Å². The van der Waals surface area contributed by atoms with Crippen LogP contribution in [-0.4, -0.2) is 177 Å². The molecule has 1 aromatic heterocycles. The summed E-state index contributed by atoms with van der Waals surface area (Å²) in [4.78, 5) is 193. The standard InChI is InChI=1S/C69H85Cl3N14O14/c1-8-36(4)54-61(92)75-35-53(87)80-55(37(5)9-2)62(93)83-68(100)79-49(33-42-34-74-47-21-12-11-20-46(42)47)58(89)77-50(31-41-17-14-19-45(72)29-41)64(95)85(7)52(32-39-23-25-43(70)26-24-39)60(91)84-69(73,10-3)67(99)78-48(30-40-16-13-18-44(71)28-40)59(90)82-56(63(94)76-38(6)57(88)81-54)65(96)86-27-15-22-51(86)66(97)98/h11-14,16-21,23-26,28-29,34,36-38,48-52,54-56,74H,8-10,15,22,27,30-33,35,73H2,1-7H3,(H,75,92)(H,76,94)(H,77,89)(H,78,99)(H,80,87)(H,81,88)(H,82,90)(H,84,91)(H,97,98)(H2,79,83,93,100)/t36-,37-,38-,48-,49-,50-,51-,52-,54-,55-,56?,69-/m0/s1. The molecule has 28 nitrogen and oxygen atoms in total. The summed E-state index contributed by atoms with van der Waals surface area (Å²) < 4.78 is 0. The molecule has 100 heavy (non-hydrogen) atoms. The number of amides is 13. The first kappa shape index (κ1) is 77.7. The lowest BCUT2D eigenvalue weighted by atomic mass is 9.97. The van der Waals surface area contributed by atoms with Gasteiger partial charge in [-0.25, -0.2) is 9.59 Å². The van der Waals surface area contributed by atoms with Gasteiger partial charge < -0.3 is 73.5 Å². The highest BCUT2D eigenvalue weighted by atomic mass is 35.5. The average molecular weight is 1440 g/mol. The summed E-state index contributed by atoms with van der Waals surface area (Å²) in [7, 11) is 1.27. The molecule has 12 atom stereocenters. The van der Waals surface area contributed by atoms with Crippen molar-refractivity contribution in [3.8, 4) is 0 Å². The van der Waals surface area contributed by atoms with E-state index in [1.54, 1.807) is 107 Å². The molecular weight excluding hydrogens is 1360 g/mol. The van der Waals surface area contributed by atoms with E-state index in [0.717, 1.165) is 9.80 Å². The van der Waals surface area contributed by atoms with Crippen LogP contribution in [0, 0.1) is 11.8 Å². The van der Waals surface area contributed by atoms with Crippen LogP contribution in [-0.2, 0) is 83.2 Å². The lowest BCUT2D eigenvalue weighted by molar-refractivity contribution is -0.151. The van der Waals surface area contributed by atoms with Gasteiger partial charge in [-0.05, 0) is 103 Å². The number of carboxylic acid groups (broad SMARTS) is 1. The molecule has 2 saturated heterocycles. The fourth-order valence-corrected chi connectivity index (χ4v) is 12.2. The number of carbonyl (C=O) groups is 13. The van der Waals surface area contributed by atoms with Crippen molar-refractivity contribution in [1.82, 2.24) is 68.0 Å². The number of urea groups is 1. The number of rotatable bonds is 15. The largest absolute Gasteiger partial charge is 0.480 e. The number of fused-ring (bicyclic) bond motifs is 1. The molecule has 536 valence electrons. The molecule has 13 amide bonds. The van der Waals surface area contributed by atoms with Crippen molar-refractivity contribution in [3.05, 3.63) is 141 Å². The number of imide groups is 1. The first-order valence-corrected chi connectivity index (χ1v) is 34.0. The zero-order valence-electron chi connectivity index (χ0n) is 56.3. The number of likely N-dealkylation sites (N-methyl/N-ethyl adjacent to an activating group) is 1. The Morgan fingerprint density at radius 3 is 1.83 bits per heavy atom. The second kappa shape index (κ2) is 35.4. The van der Waals surface area contributed by atoms with Gasteiger partial charge in [-0.3, -0.25) is 58.1 Å². The topological polar surface area (TPSA) is 411 Å². The number of hydrogen-bond donors (Lipinski definition) is 13. The maximum atomic E-state index is 15.5. The zero-order valence-corrected chi connectivity index (χ0v) is 58.6. The SMILES string of the molecule is CC[C@H](C)[C@@H]1NC(=O)CNC(=O)[C@H]([C@@H](C)CC)NC(=O)[C@H](C)NC(=O)C(C(=O)N2CCC[C@H]2C(=O)O)NC(=O)[C@H](Cc2cccc(Cl)c2)NC(=O)[C@](N)(CC)NC(=O)[C@H](Cc2ccc(Cl)cc2)N(C)C(=O)[C@H](Cc2cccc(Cl)c2)NC(=O)[C@H](Cc2c[nH]c3ccccc23)NC(=O)NC1=O. The first-order valence-electron chi connectivity index (χ1n) is 32.8. The van der Waals surface area contributed by atoms with Gasteiger partial charge in [0, 0.05) is 71.4 Å². The van der Waals surface area contributed by atoms with Crippen LogP contribution in [0.2, 0.25) is 15.1 Å². The number of carboxylic acids is 1. The molecule has 2 fully saturated rings. The van der Waals surface area contributed by atoms with Gasteiger partial charge in [-0.2, -0.15) is 0 Å². The Morgan fingerprint density at radius 2 is 1.22 bits per heavy atom. The summed E-state index contributed by atoms with van der Waals surface area (Å²) in [6.07, 6.45) is 0.706. The van der Waals surface area contributed by atoms with E-state index in [1.165, 1.54) is 45.2 Å². The van der Waals surface area contributed by atoms with Gasteiger partial charge in [0.25, 0.3) is 23.6 Å². The number of aliphatic carboxylic acids is 1. The Balaban J connectivity index is 1.34. The minimum atomic E-state index is -2.47. The quantitative estimate of drug-likeness (QED) is 0.0671. The number of nitrogens with two attached hydrogens (primary N) is 1. The van der Waals surface area contributed by atoms with E-state index in [-0.39, 0.29) is 61.5 Å². The maximum absolute atomic E-state index is 15.5. The van der Waals surface area contributed by atoms with Crippen molar-refractivity contribution in [1.29, 1.82) is 0 Å². The summed E-state index contributed by atoms with van der Waals surface area (Å²) in [6, 6.07) is 9.89. The Bertz CT molecular complexity index is 3880. The highest BCUT2D eigenvalue weighted by Crippen LogP contribution is 2.24. The summed E-state index contributed by atoms with van der Waals surface area (Å²) in [5.74, 6) is -14.4. The Labute approximate surface area is 592 Å². The van der Waals surface area contributed by atoms with Crippen LogP contribution in [0.1, 0.15) is 95.9 Å². The van der Waals surface area contributed by atoms with Crippen LogP contribution in [0.15, 0.2) is 103 Å². The number of H-pyrrole nitrogens is 1. The number of hydrogen-bond acceptors (Lipinski definition) is 14. The molecule has 1 unspecified atom stereocenters. The molecule has 14 N–H and O–H groups in total. The first-order chi connectivity index (χ1) is 47.4. The van der Waals surface area contributed by atoms with Crippen LogP contribution >= 0.6 is 34.8 Å². The van der Waals surface area contributed by atoms with Gasteiger partial charge in [-0.15, -0.1) is 0 Å². The van der Waals surface area contributed by atoms with Gasteiger partial charge in [0.15, 0.2) is 11.7 Å². The van der Waals surface area contributed by atoms with E-state index in [9.17, 15) is 43.5 Å². The Kier molecular flexibility index (Phi) is 27.5. The number of nitrogens with one attached hydrogen (secondary N) is 11. The van der Waals surface area contributed by atoms with Crippen LogP contribution in [0.4, 0.5) is 4.79 Å². The lowest BCUT2D eigenvalue weighted by Gasteiger charge is -2.35. The van der Waals surface area contributed by atoms with Crippen molar-refractivity contribution in [3.63, 3.8) is 0 Å². The number of likely N-dealkylation sites (tertiary alicyclic amines) is 1. The molecule has 3 heterocycles. The lowest BCUT2D eigenvalue weighted by Crippen LogP contribution is -2.70. The molecule has 0 radical (unpaired) electrons. The van der Waals surface area contributed by atoms with Crippen molar-refractivity contribution >= 4 is 123 Å². The van der Waals surface area contributed by atoms with Crippen LogP contribution in [0.5, 0.6) is 0 Å². The minimum Gasteiger partial charge on any atom is -0.480 e. The van der Waals surface area contributed by atoms with Gasteiger partial charge in [0.05, 0.1) is 6.54 Å². The molecule has 4 aromatic carbocycles. The van der Waals surface area contributed by atoms with Crippen LogP contribution < -0.4 is 58.9 Å². The van der Waals surface area contributed by atoms with Crippen molar-refractivity contribution in [2.75, 3.05) is 20.1 Å². The second-order valence-electron chi connectivity index (χ2n) is 25.2. The smallest absolute Gasteiger partial charge is 0.326 e. The van der Waals surface area contributed by atoms with E-state index in [0.29, 0.717) is 38.2 Å². The van der Waals surface area contributed by atoms with Gasteiger partial charge >= 0.3 is 12.0 Å². The zero-order chi connectivity index (χ0) is 73.3. The Hall–Kier alpha value is -9.64. The summed E-state index contributed by atoms with van der Waals surface area (Å²) in [5.41, 5.74) is 6.83. The van der Waals surface area contributed by atoms with Crippen molar-refractivity contribution in [2.24, 2.45) is 17.6 Å². The van der Waals surface area contributed by atoms with Gasteiger partial charge in [-0.1, -0.05) is 137 Å². The average Bonchev–Trinajstić information content (AvgIpc) is 1.48. The number of nitrogens with zero attached hydrogens (tertiary/aromatic N) is 2. The highest BCUT2D eigenvalue weighted by Gasteiger charge is 2.45. The van der Waals surface area contributed by atoms with Crippen molar-refractivity contribution in [2.45, 2.75) is 159 Å². The normalized spacial score (nSPS) is 24.8. The van der Waals surface area contributed by atoms with Crippen LogP contribution in [0.25, 0.3) is 10.9 Å². The highest BCUT2D eigenvalue weighted by molar-refractivity contribution is 6.31. The molecule has 5 aromatic rings. The van der Waals surface area contributed by atoms with Crippen LogP contribution in [0.3, 0.4) is 0 Å². The molecule has 7 rings (SSSR count).